The molecule has 1 fully saturated rings. The van der Waals surface area contributed by atoms with Gasteiger partial charge in [0, 0.05) is 0 Å². The summed E-state index contributed by atoms with van der Waals surface area (Å²) in [4.78, 5) is 12.1. The second-order valence-corrected chi connectivity index (χ2v) is 4.65. The molecule has 1 amide bonds. The van der Waals surface area contributed by atoms with Crippen molar-refractivity contribution < 1.29 is 14.2 Å². The Morgan fingerprint density at radius 3 is 2.84 bits per heavy atom. The van der Waals surface area contributed by atoms with Gasteiger partial charge >= 0.3 is 110 Å². The third kappa shape index (κ3) is 2.50. The molecule has 1 saturated carbocycles. The van der Waals surface area contributed by atoms with Crippen LogP contribution in [0.2, 0.25) is 0 Å². The molecule has 0 aromatic heterocycles. The van der Waals surface area contributed by atoms with E-state index in [1.807, 2.05) is 12.1 Å². The van der Waals surface area contributed by atoms with Crippen LogP contribution in [-0.2, 0) is 4.70 Å². The Bertz CT molecular complexity index is 652. The van der Waals surface area contributed by atoms with Gasteiger partial charge in [-0.25, -0.2) is 0 Å². The Morgan fingerprint density at radius 1 is 1.26 bits per heavy atom. The number of carbonyl (C=O) groups excluding carboxylic acids is 1. The molecule has 0 radical (unpaired) electrons. The standard InChI is InChI=1S/C14H12BNO3/c17-14(16-10-4-5-10)13-3-1-2-9-8-11(19-15-18)6-7-12(9)13/h1-3,6-8,10H,4-5H2,(H,16,17). The van der Waals surface area contributed by atoms with Crippen molar-refractivity contribution in [1.29, 1.82) is 0 Å². The van der Waals surface area contributed by atoms with Crippen LogP contribution in [0.25, 0.3) is 10.8 Å². The molecule has 4 nitrogen and oxygen atoms in total. The first-order chi connectivity index (χ1) is 9.28. The summed E-state index contributed by atoms with van der Waals surface area (Å²) in [6, 6.07) is 11.1. The molecule has 2 aromatic rings. The SMILES string of the molecule is O=BOc1ccc2c(C(=O)NC3CC3)cccc2c1. The van der Waals surface area contributed by atoms with Crippen molar-refractivity contribution in [1.82, 2.24) is 5.32 Å². The molecule has 1 N–H and O–H groups in total. The van der Waals surface area contributed by atoms with Crippen molar-refractivity contribution in [2.24, 2.45) is 0 Å². The maximum atomic E-state index is 12.1. The summed E-state index contributed by atoms with van der Waals surface area (Å²) < 4.78 is 15.1. The molecule has 19 heavy (non-hydrogen) atoms. The summed E-state index contributed by atoms with van der Waals surface area (Å²) in [6.45, 7) is 0. The van der Waals surface area contributed by atoms with Gasteiger partial charge in [0.05, 0.1) is 0 Å². The molecular formula is C14H12BNO3. The van der Waals surface area contributed by atoms with E-state index in [-0.39, 0.29) is 5.91 Å². The molecule has 0 aliphatic heterocycles. The Kier molecular flexibility index (Phi) is 3.03. The van der Waals surface area contributed by atoms with Crippen LogP contribution >= 0.6 is 0 Å². The minimum atomic E-state index is -0.0443. The molecule has 0 spiro atoms. The Hall–Kier alpha value is -2.17. The molecule has 1 aliphatic rings. The van der Waals surface area contributed by atoms with Crippen LogP contribution in [0.3, 0.4) is 0 Å². The van der Waals surface area contributed by atoms with Crippen LogP contribution in [0, 0.1) is 0 Å². The van der Waals surface area contributed by atoms with E-state index in [9.17, 15) is 9.50 Å². The van der Waals surface area contributed by atoms with Crippen molar-refractivity contribution in [3.63, 3.8) is 0 Å². The van der Waals surface area contributed by atoms with Gasteiger partial charge in [-0.15, -0.1) is 0 Å². The third-order valence-corrected chi connectivity index (χ3v) is 3.19. The summed E-state index contributed by atoms with van der Waals surface area (Å²) in [7, 11) is 0.394. The van der Waals surface area contributed by atoms with E-state index >= 15 is 0 Å². The number of nitrogens with one attached hydrogen (secondary N) is 1. The topological polar surface area (TPSA) is 55.4 Å². The Balaban J connectivity index is 1.99. The predicted molar refractivity (Wildman–Crippen MR) is 71.5 cm³/mol. The van der Waals surface area contributed by atoms with Crippen LogP contribution in [0.1, 0.15) is 23.2 Å². The average Bonchev–Trinajstić information content (AvgIpc) is 3.22. The second-order valence-electron chi connectivity index (χ2n) is 4.65. The molecular weight excluding hydrogens is 241 g/mol. The first-order valence-corrected chi connectivity index (χ1v) is 6.22. The van der Waals surface area contributed by atoms with Gasteiger partial charge in [-0.2, -0.15) is 0 Å². The molecule has 5 heteroatoms. The van der Waals surface area contributed by atoms with Crippen LogP contribution in [0.15, 0.2) is 36.4 Å². The number of fused-ring (bicyclic) bond motifs is 1. The number of hydrogen-bond donors (Lipinski definition) is 1. The zero-order valence-electron chi connectivity index (χ0n) is 10.3. The first-order valence-electron chi connectivity index (χ1n) is 6.22. The predicted octanol–water partition coefficient (Wildman–Crippen LogP) is 2.08. The normalized spacial score (nSPS) is 13.9. The Morgan fingerprint density at radius 2 is 2.11 bits per heavy atom. The molecule has 0 heterocycles. The first kappa shape index (κ1) is 11.9. The molecule has 0 atom stereocenters. The van der Waals surface area contributed by atoms with Crippen LogP contribution in [0.4, 0.5) is 0 Å². The van der Waals surface area contributed by atoms with Gasteiger partial charge in [-0.3, -0.25) is 0 Å². The van der Waals surface area contributed by atoms with Gasteiger partial charge in [0.25, 0.3) is 0 Å². The van der Waals surface area contributed by atoms with Gasteiger partial charge in [0.15, 0.2) is 0 Å². The number of carbonyl (C=O) groups is 1. The van der Waals surface area contributed by atoms with Crippen molar-refractivity contribution in [2.45, 2.75) is 18.9 Å². The summed E-state index contributed by atoms with van der Waals surface area (Å²) in [5, 5.41) is 4.71. The molecule has 0 saturated heterocycles. The third-order valence-electron chi connectivity index (χ3n) is 3.19. The van der Waals surface area contributed by atoms with Crippen LogP contribution in [0.5, 0.6) is 5.75 Å². The molecule has 3 rings (SSSR count). The van der Waals surface area contributed by atoms with Gasteiger partial charge in [0.2, 0.25) is 0 Å². The van der Waals surface area contributed by atoms with Crippen LogP contribution < -0.4 is 9.97 Å². The summed E-state index contributed by atoms with van der Waals surface area (Å²) >= 11 is 0. The van der Waals surface area contributed by atoms with E-state index in [0.29, 0.717) is 24.7 Å². The monoisotopic (exact) mass is 253 g/mol. The van der Waals surface area contributed by atoms with E-state index in [2.05, 4.69) is 5.32 Å². The molecule has 0 unspecified atom stereocenters. The van der Waals surface area contributed by atoms with E-state index in [1.165, 1.54) is 0 Å². The summed E-state index contributed by atoms with van der Waals surface area (Å²) in [6.07, 6.45) is 2.13. The number of hydrogen-bond acceptors (Lipinski definition) is 3. The molecule has 1 aliphatic carbocycles. The van der Waals surface area contributed by atoms with Gasteiger partial charge in [-0.1, -0.05) is 0 Å². The molecule has 2 aromatic carbocycles. The van der Waals surface area contributed by atoms with Crippen molar-refractivity contribution >= 4 is 24.0 Å². The minimum absolute atomic E-state index is 0.0443. The summed E-state index contributed by atoms with van der Waals surface area (Å²) in [5.74, 6) is 0.430. The van der Waals surface area contributed by atoms with E-state index < -0.39 is 0 Å². The average molecular weight is 253 g/mol. The van der Waals surface area contributed by atoms with Gasteiger partial charge in [-0.05, 0) is 0 Å². The fourth-order valence-electron chi connectivity index (χ4n) is 2.08. The van der Waals surface area contributed by atoms with Crippen molar-refractivity contribution in [2.75, 3.05) is 0 Å². The van der Waals surface area contributed by atoms with E-state index in [1.54, 1.807) is 24.3 Å². The van der Waals surface area contributed by atoms with E-state index in [0.717, 1.165) is 23.6 Å². The molecule has 94 valence electrons. The number of rotatable bonds is 4. The zero-order chi connectivity index (χ0) is 13.2. The second kappa shape index (κ2) is 4.84. The summed E-state index contributed by atoms with van der Waals surface area (Å²) in [5.41, 5.74) is 0.655. The fraction of sp³-hybridized carbons (Fsp3) is 0.214. The Labute approximate surface area is 111 Å². The number of benzene rings is 2. The van der Waals surface area contributed by atoms with Gasteiger partial charge in [0.1, 0.15) is 0 Å². The maximum absolute atomic E-state index is 12.1. The zero-order valence-corrected chi connectivity index (χ0v) is 10.3. The fourth-order valence-corrected chi connectivity index (χ4v) is 2.08. The van der Waals surface area contributed by atoms with Crippen molar-refractivity contribution in [3.05, 3.63) is 42.0 Å². The van der Waals surface area contributed by atoms with Gasteiger partial charge < -0.3 is 0 Å². The number of amides is 1. The van der Waals surface area contributed by atoms with E-state index in [4.69, 9.17) is 4.65 Å². The van der Waals surface area contributed by atoms with Crippen LogP contribution in [-0.4, -0.2) is 19.3 Å². The quantitative estimate of drug-likeness (QED) is 0.848. The molecule has 0 bridgehead atoms. The van der Waals surface area contributed by atoms with Crippen molar-refractivity contribution in [3.8, 4) is 5.75 Å².